The molecule has 2 N–H and O–H groups in total. The molecule has 0 saturated heterocycles. The molecule has 0 bridgehead atoms. The highest BCUT2D eigenvalue weighted by atomic mass is 19.3. The molecule has 0 aromatic carbocycles. The van der Waals surface area contributed by atoms with Crippen LogP contribution >= 0.6 is 0 Å². The van der Waals surface area contributed by atoms with Gasteiger partial charge >= 0.3 is 12.3 Å². The van der Waals surface area contributed by atoms with E-state index >= 15 is 0 Å². The maximum absolute atomic E-state index is 12.5. The molecule has 0 radical (unpaired) electrons. The Hall–Kier alpha value is -1.73. The standard InChI is InChI=1S/C9H10F4N2O2/c1-16-7-5(14)2-3-6(15-7)17-4-9(12,13)8(10)11/h2-3,8H,4,14H2,1H3. The van der Waals surface area contributed by atoms with Crippen LogP contribution in [-0.4, -0.2) is 31.0 Å². The van der Waals surface area contributed by atoms with E-state index in [0.717, 1.165) is 0 Å². The summed E-state index contributed by atoms with van der Waals surface area (Å²) in [6.45, 7) is -1.47. The number of rotatable bonds is 5. The van der Waals surface area contributed by atoms with Crippen molar-refractivity contribution in [3.63, 3.8) is 0 Å². The lowest BCUT2D eigenvalue weighted by Crippen LogP contribution is -2.33. The predicted molar refractivity (Wildman–Crippen MR) is 51.6 cm³/mol. The summed E-state index contributed by atoms with van der Waals surface area (Å²) < 4.78 is 57.9. The Balaban J connectivity index is 2.70. The van der Waals surface area contributed by atoms with Crippen LogP contribution in [0, 0.1) is 0 Å². The largest absolute Gasteiger partial charge is 0.479 e. The van der Waals surface area contributed by atoms with E-state index < -0.39 is 19.0 Å². The Labute approximate surface area is 94.3 Å². The highest BCUT2D eigenvalue weighted by Gasteiger charge is 2.41. The first-order chi connectivity index (χ1) is 7.86. The van der Waals surface area contributed by atoms with E-state index in [1.165, 1.54) is 19.2 Å². The summed E-state index contributed by atoms with van der Waals surface area (Å²) >= 11 is 0. The van der Waals surface area contributed by atoms with Gasteiger partial charge in [-0.2, -0.15) is 13.8 Å². The lowest BCUT2D eigenvalue weighted by Gasteiger charge is -2.15. The molecule has 8 heteroatoms. The normalized spacial score (nSPS) is 11.6. The molecule has 0 aliphatic rings. The molecular weight excluding hydrogens is 244 g/mol. The quantitative estimate of drug-likeness (QED) is 0.816. The van der Waals surface area contributed by atoms with Gasteiger partial charge in [0.05, 0.1) is 12.8 Å². The van der Waals surface area contributed by atoms with Gasteiger partial charge in [-0.25, -0.2) is 8.78 Å². The van der Waals surface area contributed by atoms with E-state index in [2.05, 4.69) is 9.72 Å². The number of pyridine rings is 1. The second-order valence-electron chi connectivity index (χ2n) is 3.10. The molecule has 4 nitrogen and oxygen atoms in total. The van der Waals surface area contributed by atoms with Crippen LogP contribution in [-0.2, 0) is 0 Å². The van der Waals surface area contributed by atoms with Gasteiger partial charge in [0, 0.05) is 6.07 Å². The van der Waals surface area contributed by atoms with E-state index in [0.29, 0.717) is 0 Å². The highest BCUT2D eigenvalue weighted by Crippen LogP contribution is 2.26. The molecule has 0 atom stereocenters. The fraction of sp³-hybridized carbons (Fsp3) is 0.444. The number of anilines is 1. The van der Waals surface area contributed by atoms with E-state index in [4.69, 9.17) is 10.5 Å². The van der Waals surface area contributed by atoms with Gasteiger partial charge in [0.1, 0.15) is 0 Å². The third kappa shape index (κ3) is 3.36. The zero-order chi connectivity index (χ0) is 13.1. The maximum atomic E-state index is 12.5. The smallest absolute Gasteiger partial charge is 0.340 e. The number of nitrogens with two attached hydrogens (primary N) is 1. The Kier molecular flexibility index (Phi) is 3.97. The zero-order valence-electron chi connectivity index (χ0n) is 8.79. The van der Waals surface area contributed by atoms with Crippen LogP contribution in [0.15, 0.2) is 12.1 Å². The summed E-state index contributed by atoms with van der Waals surface area (Å²) in [5.74, 6) is -4.52. The van der Waals surface area contributed by atoms with Crippen molar-refractivity contribution in [2.45, 2.75) is 12.3 Å². The van der Waals surface area contributed by atoms with Gasteiger partial charge in [0.2, 0.25) is 11.8 Å². The first-order valence-corrected chi connectivity index (χ1v) is 4.46. The molecule has 0 aliphatic carbocycles. The number of nitrogens with zero attached hydrogens (tertiary/aromatic N) is 1. The molecule has 1 aromatic rings. The summed E-state index contributed by atoms with van der Waals surface area (Å²) in [7, 11) is 1.27. The van der Waals surface area contributed by atoms with E-state index in [9.17, 15) is 17.6 Å². The van der Waals surface area contributed by atoms with Crippen LogP contribution in [0.5, 0.6) is 11.8 Å². The van der Waals surface area contributed by atoms with Crippen molar-refractivity contribution in [1.29, 1.82) is 0 Å². The van der Waals surface area contributed by atoms with Crippen molar-refractivity contribution >= 4 is 5.69 Å². The Morgan fingerprint density at radius 1 is 1.41 bits per heavy atom. The van der Waals surface area contributed by atoms with Crippen LogP contribution in [0.2, 0.25) is 0 Å². The maximum Gasteiger partial charge on any atom is 0.340 e. The fourth-order valence-electron chi connectivity index (χ4n) is 0.911. The van der Waals surface area contributed by atoms with Gasteiger partial charge in [-0.15, -0.1) is 0 Å². The zero-order valence-corrected chi connectivity index (χ0v) is 8.79. The number of alkyl halides is 4. The number of nitrogen functional groups attached to an aromatic ring is 1. The van der Waals surface area contributed by atoms with Crippen LogP contribution < -0.4 is 15.2 Å². The monoisotopic (exact) mass is 254 g/mol. The number of hydrogen-bond acceptors (Lipinski definition) is 4. The Morgan fingerprint density at radius 3 is 2.59 bits per heavy atom. The van der Waals surface area contributed by atoms with Crippen molar-refractivity contribution in [3.8, 4) is 11.8 Å². The molecule has 17 heavy (non-hydrogen) atoms. The van der Waals surface area contributed by atoms with Crippen molar-refractivity contribution in [2.75, 3.05) is 19.5 Å². The van der Waals surface area contributed by atoms with Crippen molar-refractivity contribution in [1.82, 2.24) is 4.98 Å². The van der Waals surface area contributed by atoms with Crippen LogP contribution in [0.3, 0.4) is 0 Å². The minimum absolute atomic E-state index is 0.0251. The molecule has 0 amide bonds. The number of halogens is 4. The average Bonchev–Trinajstić information content (AvgIpc) is 2.28. The topological polar surface area (TPSA) is 57.4 Å². The predicted octanol–water partition coefficient (Wildman–Crippen LogP) is 1.95. The summed E-state index contributed by atoms with van der Waals surface area (Å²) in [5.41, 5.74) is 5.60. The minimum Gasteiger partial charge on any atom is -0.479 e. The molecule has 1 aromatic heterocycles. The van der Waals surface area contributed by atoms with Crippen molar-refractivity contribution in [3.05, 3.63) is 12.1 Å². The average molecular weight is 254 g/mol. The van der Waals surface area contributed by atoms with E-state index in [1.807, 2.05) is 0 Å². The molecule has 0 saturated carbocycles. The molecule has 0 unspecified atom stereocenters. The van der Waals surface area contributed by atoms with Gasteiger partial charge in [-0.1, -0.05) is 0 Å². The van der Waals surface area contributed by atoms with Crippen LogP contribution in [0.1, 0.15) is 0 Å². The molecule has 96 valence electrons. The van der Waals surface area contributed by atoms with E-state index in [-0.39, 0.29) is 17.4 Å². The molecule has 1 rings (SSSR count). The third-order valence-corrected chi connectivity index (χ3v) is 1.79. The molecular formula is C9H10F4N2O2. The number of methoxy groups -OCH3 is 1. The first-order valence-electron chi connectivity index (χ1n) is 4.46. The highest BCUT2D eigenvalue weighted by molar-refractivity contribution is 5.49. The van der Waals surface area contributed by atoms with E-state index in [1.54, 1.807) is 0 Å². The Bertz CT molecular complexity index is 387. The summed E-state index contributed by atoms with van der Waals surface area (Å²) in [4.78, 5) is 3.61. The van der Waals surface area contributed by atoms with Gasteiger partial charge in [0.15, 0.2) is 6.61 Å². The lowest BCUT2D eigenvalue weighted by molar-refractivity contribution is -0.148. The second kappa shape index (κ2) is 5.07. The molecule has 0 fully saturated rings. The number of aromatic nitrogens is 1. The lowest BCUT2D eigenvalue weighted by atomic mass is 10.4. The van der Waals surface area contributed by atoms with Crippen molar-refractivity contribution in [2.24, 2.45) is 0 Å². The number of ether oxygens (including phenoxy) is 2. The molecule has 0 aliphatic heterocycles. The Morgan fingerprint density at radius 2 is 2.06 bits per heavy atom. The fourth-order valence-corrected chi connectivity index (χ4v) is 0.911. The van der Waals surface area contributed by atoms with Gasteiger partial charge in [-0.3, -0.25) is 0 Å². The van der Waals surface area contributed by atoms with Gasteiger partial charge in [0.25, 0.3) is 0 Å². The molecule has 0 spiro atoms. The second-order valence-corrected chi connectivity index (χ2v) is 3.10. The van der Waals surface area contributed by atoms with Gasteiger partial charge in [-0.05, 0) is 6.07 Å². The van der Waals surface area contributed by atoms with Crippen LogP contribution in [0.4, 0.5) is 23.2 Å². The van der Waals surface area contributed by atoms with Gasteiger partial charge < -0.3 is 15.2 Å². The number of hydrogen-bond donors (Lipinski definition) is 1. The molecule has 1 heterocycles. The van der Waals surface area contributed by atoms with Crippen molar-refractivity contribution < 1.29 is 27.0 Å². The first kappa shape index (κ1) is 13.3. The third-order valence-electron chi connectivity index (χ3n) is 1.79. The summed E-state index contributed by atoms with van der Waals surface area (Å²) in [5, 5.41) is 0. The van der Waals surface area contributed by atoms with Crippen LogP contribution in [0.25, 0.3) is 0 Å². The minimum atomic E-state index is -4.23. The summed E-state index contributed by atoms with van der Waals surface area (Å²) in [6.07, 6.45) is -3.79. The SMILES string of the molecule is COc1nc(OCC(F)(F)C(F)F)ccc1N. The summed E-state index contributed by atoms with van der Waals surface area (Å²) in [6, 6.07) is 2.49.